The zero-order chi connectivity index (χ0) is 12.8. The highest BCUT2D eigenvalue weighted by atomic mass is 16.5. The molecule has 2 N–H and O–H groups in total. The number of benzene rings is 1. The number of anilines is 1. The molecule has 2 rings (SSSR count). The third kappa shape index (κ3) is 4.22. The lowest BCUT2D eigenvalue weighted by Gasteiger charge is -2.30. The van der Waals surface area contributed by atoms with E-state index in [2.05, 4.69) is 11.8 Å². The van der Waals surface area contributed by atoms with Crippen molar-refractivity contribution in [3.05, 3.63) is 24.3 Å². The van der Waals surface area contributed by atoms with Gasteiger partial charge in [0.1, 0.15) is 5.75 Å². The van der Waals surface area contributed by atoms with E-state index in [4.69, 9.17) is 10.5 Å². The van der Waals surface area contributed by atoms with Crippen LogP contribution in [0.1, 0.15) is 26.2 Å². The molecule has 1 aliphatic heterocycles. The van der Waals surface area contributed by atoms with Crippen LogP contribution in [0.4, 0.5) is 5.69 Å². The predicted octanol–water partition coefficient (Wildman–Crippen LogP) is 2.77. The van der Waals surface area contributed by atoms with Crippen molar-refractivity contribution in [1.82, 2.24) is 4.90 Å². The van der Waals surface area contributed by atoms with Gasteiger partial charge < -0.3 is 15.4 Å². The number of hydrogen-bond acceptors (Lipinski definition) is 3. The molecule has 1 aliphatic rings. The topological polar surface area (TPSA) is 38.5 Å². The summed E-state index contributed by atoms with van der Waals surface area (Å²) in [6.45, 7) is 6.80. The van der Waals surface area contributed by atoms with Gasteiger partial charge in [0.05, 0.1) is 6.61 Å². The van der Waals surface area contributed by atoms with E-state index in [1.807, 2.05) is 24.3 Å². The van der Waals surface area contributed by atoms with Crippen molar-refractivity contribution in [2.75, 3.05) is 32.0 Å². The summed E-state index contributed by atoms with van der Waals surface area (Å²) in [5.41, 5.74) is 6.41. The van der Waals surface area contributed by atoms with Gasteiger partial charge >= 0.3 is 0 Å². The third-order valence-electron chi connectivity index (χ3n) is 3.64. The standard InChI is InChI=1S/C15H24N2O/c1-13-7-10-17(11-8-13)9-2-12-18-15-5-3-14(16)4-6-15/h3-6,13H,2,7-12,16H2,1H3. The van der Waals surface area contributed by atoms with Crippen LogP contribution in [0.3, 0.4) is 0 Å². The zero-order valence-electron chi connectivity index (χ0n) is 11.3. The Labute approximate surface area is 110 Å². The number of nitrogens with zero attached hydrogens (tertiary/aromatic N) is 1. The van der Waals surface area contributed by atoms with Crippen LogP contribution >= 0.6 is 0 Å². The molecule has 1 fully saturated rings. The second kappa shape index (κ2) is 6.64. The minimum Gasteiger partial charge on any atom is -0.494 e. The fourth-order valence-electron chi connectivity index (χ4n) is 2.33. The second-order valence-corrected chi connectivity index (χ2v) is 5.30. The Kier molecular flexibility index (Phi) is 4.88. The van der Waals surface area contributed by atoms with E-state index < -0.39 is 0 Å². The smallest absolute Gasteiger partial charge is 0.119 e. The normalized spacial score (nSPS) is 17.8. The van der Waals surface area contributed by atoms with Gasteiger partial charge in [-0.3, -0.25) is 0 Å². The van der Waals surface area contributed by atoms with Crippen molar-refractivity contribution in [1.29, 1.82) is 0 Å². The molecule has 18 heavy (non-hydrogen) atoms. The van der Waals surface area contributed by atoms with Crippen molar-refractivity contribution >= 4 is 5.69 Å². The van der Waals surface area contributed by atoms with E-state index in [1.165, 1.54) is 25.9 Å². The third-order valence-corrected chi connectivity index (χ3v) is 3.64. The van der Waals surface area contributed by atoms with Crippen molar-refractivity contribution in [2.24, 2.45) is 5.92 Å². The second-order valence-electron chi connectivity index (χ2n) is 5.30. The number of nitrogen functional groups attached to an aromatic ring is 1. The maximum Gasteiger partial charge on any atom is 0.119 e. The molecule has 0 unspecified atom stereocenters. The maximum atomic E-state index is 5.69. The maximum absolute atomic E-state index is 5.69. The van der Waals surface area contributed by atoms with Gasteiger partial charge in [0, 0.05) is 12.2 Å². The number of nitrogens with two attached hydrogens (primary N) is 1. The molecule has 100 valence electrons. The fraction of sp³-hybridized carbons (Fsp3) is 0.600. The van der Waals surface area contributed by atoms with Crippen LogP contribution < -0.4 is 10.5 Å². The van der Waals surface area contributed by atoms with Gasteiger partial charge in [0.2, 0.25) is 0 Å². The molecular formula is C15H24N2O. The molecule has 0 radical (unpaired) electrons. The molecular weight excluding hydrogens is 224 g/mol. The van der Waals surface area contributed by atoms with Gasteiger partial charge in [0.25, 0.3) is 0 Å². The monoisotopic (exact) mass is 248 g/mol. The van der Waals surface area contributed by atoms with Crippen molar-refractivity contribution in [3.63, 3.8) is 0 Å². The number of rotatable bonds is 5. The van der Waals surface area contributed by atoms with E-state index in [-0.39, 0.29) is 0 Å². The lowest BCUT2D eigenvalue weighted by atomic mass is 9.99. The SMILES string of the molecule is CC1CCN(CCCOc2ccc(N)cc2)CC1. The summed E-state index contributed by atoms with van der Waals surface area (Å²) in [6.07, 6.45) is 3.79. The molecule has 3 heteroatoms. The van der Waals surface area contributed by atoms with E-state index in [0.29, 0.717) is 0 Å². The fourth-order valence-corrected chi connectivity index (χ4v) is 2.33. The van der Waals surface area contributed by atoms with E-state index in [0.717, 1.165) is 36.9 Å². The summed E-state index contributed by atoms with van der Waals surface area (Å²) in [7, 11) is 0. The molecule has 1 aromatic rings. The molecule has 0 aliphatic carbocycles. The Balaban J connectivity index is 1.60. The van der Waals surface area contributed by atoms with Crippen LogP contribution in [0.2, 0.25) is 0 Å². The summed E-state index contributed by atoms with van der Waals surface area (Å²) >= 11 is 0. The summed E-state index contributed by atoms with van der Waals surface area (Å²) in [4.78, 5) is 2.55. The summed E-state index contributed by atoms with van der Waals surface area (Å²) in [5.74, 6) is 1.82. The first kappa shape index (κ1) is 13.2. The molecule has 0 spiro atoms. The first-order valence-electron chi connectivity index (χ1n) is 6.95. The number of piperidine rings is 1. The molecule has 1 heterocycles. The van der Waals surface area contributed by atoms with Crippen LogP contribution in [0.25, 0.3) is 0 Å². The Bertz CT molecular complexity index is 342. The Hall–Kier alpha value is -1.22. The highest BCUT2D eigenvalue weighted by molar-refractivity contribution is 5.41. The molecule has 3 nitrogen and oxygen atoms in total. The molecule has 0 bridgehead atoms. The van der Waals surface area contributed by atoms with Gasteiger partial charge in [-0.2, -0.15) is 0 Å². The van der Waals surface area contributed by atoms with Crippen LogP contribution in [0.5, 0.6) is 5.75 Å². The summed E-state index contributed by atoms with van der Waals surface area (Å²) in [6, 6.07) is 7.61. The zero-order valence-corrected chi connectivity index (χ0v) is 11.3. The lowest BCUT2D eigenvalue weighted by Crippen LogP contribution is -2.34. The predicted molar refractivity (Wildman–Crippen MR) is 75.8 cm³/mol. The molecule has 1 saturated heterocycles. The summed E-state index contributed by atoms with van der Waals surface area (Å²) in [5, 5.41) is 0. The minimum atomic E-state index is 0.782. The van der Waals surface area contributed by atoms with Gasteiger partial charge in [-0.15, -0.1) is 0 Å². The first-order valence-corrected chi connectivity index (χ1v) is 6.95. The highest BCUT2D eigenvalue weighted by Crippen LogP contribution is 2.16. The largest absolute Gasteiger partial charge is 0.494 e. The summed E-state index contributed by atoms with van der Waals surface area (Å²) < 4.78 is 5.69. The van der Waals surface area contributed by atoms with Gasteiger partial charge in [0.15, 0.2) is 0 Å². The van der Waals surface area contributed by atoms with Crippen molar-refractivity contribution in [2.45, 2.75) is 26.2 Å². The van der Waals surface area contributed by atoms with Crippen LogP contribution in [-0.2, 0) is 0 Å². The number of hydrogen-bond donors (Lipinski definition) is 1. The van der Waals surface area contributed by atoms with E-state index in [9.17, 15) is 0 Å². The van der Waals surface area contributed by atoms with Gasteiger partial charge in [-0.25, -0.2) is 0 Å². The Morgan fingerprint density at radius 2 is 1.89 bits per heavy atom. The Morgan fingerprint density at radius 1 is 1.22 bits per heavy atom. The first-order chi connectivity index (χ1) is 8.74. The van der Waals surface area contributed by atoms with Crippen LogP contribution in [0, 0.1) is 5.92 Å². The minimum absolute atomic E-state index is 0.782. The molecule has 0 atom stereocenters. The Morgan fingerprint density at radius 3 is 2.56 bits per heavy atom. The van der Waals surface area contributed by atoms with Crippen LogP contribution in [-0.4, -0.2) is 31.1 Å². The van der Waals surface area contributed by atoms with Crippen LogP contribution in [0.15, 0.2) is 24.3 Å². The highest BCUT2D eigenvalue weighted by Gasteiger charge is 2.14. The molecule has 0 aromatic heterocycles. The average Bonchev–Trinajstić information content (AvgIpc) is 2.39. The van der Waals surface area contributed by atoms with Gasteiger partial charge in [-0.1, -0.05) is 6.92 Å². The lowest BCUT2D eigenvalue weighted by molar-refractivity contribution is 0.177. The molecule has 0 amide bonds. The van der Waals surface area contributed by atoms with Crippen molar-refractivity contribution < 1.29 is 4.74 Å². The van der Waals surface area contributed by atoms with E-state index >= 15 is 0 Å². The number of likely N-dealkylation sites (tertiary alicyclic amines) is 1. The average molecular weight is 248 g/mol. The van der Waals surface area contributed by atoms with E-state index in [1.54, 1.807) is 0 Å². The van der Waals surface area contributed by atoms with Gasteiger partial charge in [-0.05, 0) is 62.5 Å². The molecule has 1 aromatic carbocycles. The number of ether oxygens (including phenoxy) is 1. The quantitative estimate of drug-likeness (QED) is 0.643. The van der Waals surface area contributed by atoms with Crippen molar-refractivity contribution in [3.8, 4) is 5.75 Å². The molecule has 0 saturated carbocycles.